The second kappa shape index (κ2) is 11.4. The minimum atomic E-state index is -0.271. The van der Waals surface area contributed by atoms with Crippen LogP contribution in [0, 0.1) is 0 Å². The quantitative estimate of drug-likeness (QED) is 0.343. The number of carbonyl (C=O) groups is 1. The number of unbranched alkanes of at least 4 members (excludes halogenated alkanes) is 5. The SMILES string of the molecule is CCCCCCCCC(O)CC=CC=O. The summed E-state index contributed by atoms with van der Waals surface area (Å²) in [7, 11) is 0. The molecule has 0 aliphatic carbocycles. The van der Waals surface area contributed by atoms with Crippen LogP contribution in [-0.4, -0.2) is 17.5 Å². The standard InChI is InChI=1S/C13H24O2/c1-2-3-4-5-6-7-10-13(15)11-8-9-12-14/h8-9,12-13,15H,2-7,10-11H2,1H3. The van der Waals surface area contributed by atoms with Gasteiger partial charge in [0.25, 0.3) is 0 Å². The van der Waals surface area contributed by atoms with Crippen LogP contribution in [-0.2, 0) is 4.79 Å². The van der Waals surface area contributed by atoms with E-state index in [2.05, 4.69) is 6.92 Å². The van der Waals surface area contributed by atoms with Gasteiger partial charge in [-0.25, -0.2) is 0 Å². The van der Waals surface area contributed by atoms with Gasteiger partial charge < -0.3 is 5.11 Å². The molecule has 0 amide bonds. The fourth-order valence-electron chi connectivity index (χ4n) is 1.57. The first-order valence-corrected chi connectivity index (χ1v) is 6.09. The Morgan fingerprint density at radius 3 is 2.47 bits per heavy atom. The largest absolute Gasteiger partial charge is 0.393 e. The molecule has 0 aliphatic rings. The van der Waals surface area contributed by atoms with E-state index in [1.165, 1.54) is 38.2 Å². The number of hydrogen-bond acceptors (Lipinski definition) is 2. The Kier molecular flexibility index (Phi) is 11.0. The van der Waals surface area contributed by atoms with Crippen LogP contribution in [0.5, 0.6) is 0 Å². The van der Waals surface area contributed by atoms with Crippen LogP contribution in [0.15, 0.2) is 12.2 Å². The van der Waals surface area contributed by atoms with E-state index in [9.17, 15) is 9.90 Å². The summed E-state index contributed by atoms with van der Waals surface area (Å²) in [4.78, 5) is 9.98. The number of allylic oxidation sites excluding steroid dienone is 1. The van der Waals surface area contributed by atoms with Crippen molar-refractivity contribution in [3.05, 3.63) is 12.2 Å². The zero-order chi connectivity index (χ0) is 11.4. The van der Waals surface area contributed by atoms with Crippen LogP contribution in [0.2, 0.25) is 0 Å². The van der Waals surface area contributed by atoms with Crippen molar-refractivity contribution in [2.75, 3.05) is 0 Å². The van der Waals surface area contributed by atoms with Gasteiger partial charge in [-0.15, -0.1) is 0 Å². The van der Waals surface area contributed by atoms with Crippen molar-refractivity contribution < 1.29 is 9.90 Å². The zero-order valence-electron chi connectivity index (χ0n) is 9.82. The molecule has 1 atom stereocenters. The number of aliphatic hydroxyl groups excluding tert-OH is 1. The summed E-state index contributed by atoms with van der Waals surface area (Å²) in [6.07, 6.45) is 12.6. The van der Waals surface area contributed by atoms with Crippen LogP contribution in [0.25, 0.3) is 0 Å². The molecule has 0 aliphatic heterocycles. The predicted octanol–water partition coefficient (Wildman–Crippen LogP) is 3.24. The van der Waals surface area contributed by atoms with E-state index in [0.717, 1.165) is 19.1 Å². The van der Waals surface area contributed by atoms with Crippen molar-refractivity contribution in [1.82, 2.24) is 0 Å². The highest BCUT2D eigenvalue weighted by Crippen LogP contribution is 2.10. The van der Waals surface area contributed by atoms with E-state index in [1.807, 2.05) is 0 Å². The van der Waals surface area contributed by atoms with Crippen LogP contribution < -0.4 is 0 Å². The highest BCUT2D eigenvalue weighted by Gasteiger charge is 2.00. The van der Waals surface area contributed by atoms with E-state index >= 15 is 0 Å². The predicted molar refractivity (Wildman–Crippen MR) is 63.8 cm³/mol. The van der Waals surface area contributed by atoms with Crippen LogP contribution in [0.1, 0.15) is 58.3 Å². The molecular formula is C13H24O2. The van der Waals surface area contributed by atoms with E-state index < -0.39 is 0 Å². The molecule has 15 heavy (non-hydrogen) atoms. The third-order valence-corrected chi connectivity index (χ3v) is 2.51. The summed E-state index contributed by atoms with van der Waals surface area (Å²) >= 11 is 0. The highest BCUT2D eigenvalue weighted by molar-refractivity contribution is 5.64. The van der Waals surface area contributed by atoms with E-state index in [0.29, 0.717) is 6.42 Å². The van der Waals surface area contributed by atoms with E-state index in [1.54, 1.807) is 6.08 Å². The van der Waals surface area contributed by atoms with Crippen molar-refractivity contribution >= 4 is 6.29 Å². The lowest BCUT2D eigenvalue weighted by Gasteiger charge is -2.07. The topological polar surface area (TPSA) is 37.3 Å². The first-order chi connectivity index (χ1) is 7.31. The Bertz CT molecular complexity index is 164. The highest BCUT2D eigenvalue weighted by atomic mass is 16.3. The molecule has 1 unspecified atom stereocenters. The summed E-state index contributed by atoms with van der Waals surface area (Å²) in [5.74, 6) is 0. The summed E-state index contributed by atoms with van der Waals surface area (Å²) in [6, 6.07) is 0. The molecule has 0 heterocycles. The minimum Gasteiger partial charge on any atom is -0.393 e. The Labute approximate surface area is 93.4 Å². The van der Waals surface area contributed by atoms with Crippen LogP contribution in [0.4, 0.5) is 0 Å². The number of aliphatic hydroxyl groups is 1. The smallest absolute Gasteiger partial charge is 0.142 e. The van der Waals surface area contributed by atoms with Gasteiger partial charge in [0, 0.05) is 0 Å². The fourth-order valence-corrected chi connectivity index (χ4v) is 1.57. The maximum Gasteiger partial charge on any atom is 0.142 e. The van der Waals surface area contributed by atoms with Crippen LogP contribution >= 0.6 is 0 Å². The van der Waals surface area contributed by atoms with Gasteiger partial charge in [-0.3, -0.25) is 4.79 Å². The Morgan fingerprint density at radius 1 is 1.13 bits per heavy atom. The molecule has 2 heteroatoms. The van der Waals surface area contributed by atoms with Crippen LogP contribution in [0.3, 0.4) is 0 Å². The Morgan fingerprint density at radius 2 is 1.80 bits per heavy atom. The third-order valence-electron chi connectivity index (χ3n) is 2.51. The number of aldehydes is 1. The van der Waals surface area contributed by atoms with Gasteiger partial charge in [0.15, 0.2) is 0 Å². The normalized spacial score (nSPS) is 13.2. The van der Waals surface area contributed by atoms with Gasteiger partial charge in [0.05, 0.1) is 6.10 Å². The van der Waals surface area contributed by atoms with Gasteiger partial charge in [0.2, 0.25) is 0 Å². The average molecular weight is 212 g/mol. The molecule has 0 saturated heterocycles. The molecule has 0 saturated carbocycles. The molecule has 2 nitrogen and oxygen atoms in total. The van der Waals surface area contributed by atoms with Crippen molar-refractivity contribution in [3.63, 3.8) is 0 Å². The molecule has 0 rings (SSSR count). The third kappa shape index (κ3) is 11.3. The lowest BCUT2D eigenvalue weighted by molar-refractivity contribution is -0.104. The number of carbonyl (C=O) groups excluding carboxylic acids is 1. The maximum atomic E-state index is 9.98. The molecule has 0 aromatic rings. The molecular weight excluding hydrogens is 188 g/mol. The lowest BCUT2D eigenvalue weighted by atomic mass is 10.1. The van der Waals surface area contributed by atoms with Gasteiger partial charge >= 0.3 is 0 Å². The van der Waals surface area contributed by atoms with Gasteiger partial charge in [-0.2, -0.15) is 0 Å². The molecule has 1 N–H and O–H groups in total. The van der Waals surface area contributed by atoms with Crippen molar-refractivity contribution in [2.45, 2.75) is 64.4 Å². The van der Waals surface area contributed by atoms with E-state index in [-0.39, 0.29) is 6.10 Å². The first kappa shape index (κ1) is 14.4. The molecule has 0 fully saturated rings. The number of hydrogen-bond donors (Lipinski definition) is 1. The first-order valence-electron chi connectivity index (χ1n) is 6.09. The molecule has 0 aromatic heterocycles. The van der Waals surface area contributed by atoms with E-state index in [4.69, 9.17) is 0 Å². The van der Waals surface area contributed by atoms with Gasteiger partial charge in [-0.05, 0) is 18.9 Å². The lowest BCUT2D eigenvalue weighted by Crippen LogP contribution is -2.04. The van der Waals surface area contributed by atoms with Gasteiger partial charge in [0.1, 0.15) is 6.29 Å². The summed E-state index contributed by atoms with van der Waals surface area (Å²) in [5, 5.41) is 9.51. The summed E-state index contributed by atoms with van der Waals surface area (Å²) in [5.41, 5.74) is 0. The molecule has 0 aromatic carbocycles. The average Bonchev–Trinajstić information content (AvgIpc) is 2.23. The Balaban J connectivity index is 3.19. The monoisotopic (exact) mass is 212 g/mol. The summed E-state index contributed by atoms with van der Waals surface area (Å²) < 4.78 is 0. The van der Waals surface area contributed by atoms with Crippen molar-refractivity contribution in [2.24, 2.45) is 0 Å². The van der Waals surface area contributed by atoms with Crippen molar-refractivity contribution in [1.29, 1.82) is 0 Å². The fraction of sp³-hybridized carbons (Fsp3) is 0.769. The summed E-state index contributed by atoms with van der Waals surface area (Å²) in [6.45, 7) is 2.21. The molecule has 0 spiro atoms. The maximum absolute atomic E-state index is 9.98. The molecule has 88 valence electrons. The van der Waals surface area contributed by atoms with Gasteiger partial charge in [-0.1, -0.05) is 51.5 Å². The second-order valence-corrected chi connectivity index (χ2v) is 4.01. The number of rotatable bonds is 10. The Hall–Kier alpha value is -0.630. The molecule has 0 radical (unpaired) electrons. The van der Waals surface area contributed by atoms with Crippen molar-refractivity contribution in [3.8, 4) is 0 Å². The zero-order valence-corrected chi connectivity index (χ0v) is 9.82. The molecule has 0 bridgehead atoms. The second-order valence-electron chi connectivity index (χ2n) is 4.01. The minimum absolute atomic E-state index is 0.271.